The molecule has 1 aromatic heterocycles. The van der Waals surface area contributed by atoms with E-state index >= 15 is 0 Å². The van der Waals surface area contributed by atoms with Gasteiger partial charge >= 0.3 is 0 Å². The quantitative estimate of drug-likeness (QED) is 0.734. The molecule has 2 aromatic rings. The van der Waals surface area contributed by atoms with Gasteiger partial charge in [-0.3, -0.25) is 0 Å². The van der Waals surface area contributed by atoms with Crippen molar-refractivity contribution in [1.29, 1.82) is 0 Å². The summed E-state index contributed by atoms with van der Waals surface area (Å²) >= 11 is 0. The van der Waals surface area contributed by atoms with Crippen LogP contribution >= 0.6 is 0 Å². The SMILES string of the molecule is c1ccc(COC[n+]2ccn(COC3CCCCC3)c2)cc1. The van der Waals surface area contributed by atoms with Crippen molar-refractivity contribution >= 4 is 0 Å². The van der Waals surface area contributed by atoms with Crippen LogP contribution in [0.2, 0.25) is 0 Å². The van der Waals surface area contributed by atoms with Crippen molar-refractivity contribution in [3.05, 3.63) is 54.6 Å². The van der Waals surface area contributed by atoms with Crippen LogP contribution in [-0.2, 0) is 29.5 Å². The van der Waals surface area contributed by atoms with Crippen LogP contribution in [-0.4, -0.2) is 10.7 Å². The predicted molar refractivity (Wildman–Crippen MR) is 83.8 cm³/mol. The summed E-state index contributed by atoms with van der Waals surface area (Å²) in [6, 6.07) is 10.2. The van der Waals surface area contributed by atoms with E-state index in [0.717, 1.165) is 0 Å². The Morgan fingerprint density at radius 1 is 1.09 bits per heavy atom. The van der Waals surface area contributed by atoms with E-state index in [-0.39, 0.29) is 0 Å². The van der Waals surface area contributed by atoms with Gasteiger partial charge in [0.15, 0.2) is 13.5 Å². The first kappa shape index (κ1) is 15.3. The van der Waals surface area contributed by atoms with Crippen molar-refractivity contribution in [1.82, 2.24) is 4.57 Å². The minimum Gasteiger partial charge on any atom is -0.338 e. The topological polar surface area (TPSA) is 27.3 Å². The highest BCUT2D eigenvalue weighted by molar-refractivity contribution is 5.13. The molecule has 1 heterocycles. The number of nitrogens with zero attached hydrogens (tertiary/aromatic N) is 2. The Morgan fingerprint density at radius 3 is 2.73 bits per heavy atom. The standard InChI is InChI=1S/C18H25N2O2/c1-3-7-17(8-4-1)13-21-15-19-11-12-20(14-19)16-22-18-9-5-2-6-10-18/h1,3-4,7-8,11-12,14,18H,2,5-6,9-10,13,15-16H2/q+1. The summed E-state index contributed by atoms with van der Waals surface area (Å²) in [6.07, 6.45) is 12.9. The Bertz CT molecular complexity index is 547. The molecule has 0 atom stereocenters. The van der Waals surface area contributed by atoms with Gasteiger partial charge in [-0.25, -0.2) is 9.13 Å². The molecule has 118 valence electrons. The lowest BCUT2D eigenvalue weighted by Crippen LogP contribution is -2.32. The molecule has 1 fully saturated rings. The molecule has 4 nitrogen and oxygen atoms in total. The zero-order valence-electron chi connectivity index (χ0n) is 13.1. The lowest BCUT2D eigenvalue weighted by Gasteiger charge is -2.20. The van der Waals surface area contributed by atoms with Crippen LogP contribution < -0.4 is 4.57 Å². The molecule has 0 amide bonds. The number of hydrogen-bond acceptors (Lipinski definition) is 2. The highest BCUT2D eigenvalue weighted by Crippen LogP contribution is 2.20. The van der Waals surface area contributed by atoms with Crippen LogP contribution in [0.4, 0.5) is 0 Å². The van der Waals surface area contributed by atoms with Crippen molar-refractivity contribution in [3.8, 4) is 0 Å². The number of rotatable bonds is 7. The minimum absolute atomic E-state index is 0.443. The van der Waals surface area contributed by atoms with E-state index in [2.05, 4.69) is 16.7 Å². The van der Waals surface area contributed by atoms with Gasteiger partial charge in [-0.15, -0.1) is 0 Å². The summed E-state index contributed by atoms with van der Waals surface area (Å²) in [5.41, 5.74) is 1.20. The van der Waals surface area contributed by atoms with Crippen LogP contribution in [0.15, 0.2) is 49.1 Å². The van der Waals surface area contributed by atoms with Crippen LogP contribution in [0, 0.1) is 0 Å². The third-order valence-electron chi connectivity index (χ3n) is 4.11. The molecule has 1 aromatic carbocycles. The zero-order chi connectivity index (χ0) is 15.0. The molecule has 0 spiro atoms. The van der Waals surface area contributed by atoms with Gasteiger partial charge < -0.3 is 9.47 Å². The Labute approximate surface area is 132 Å². The van der Waals surface area contributed by atoms with E-state index in [4.69, 9.17) is 9.47 Å². The lowest BCUT2D eigenvalue weighted by molar-refractivity contribution is -0.733. The maximum atomic E-state index is 5.96. The van der Waals surface area contributed by atoms with Crippen LogP contribution in [0.3, 0.4) is 0 Å². The fourth-order valence-electron chi connectivity index (χ4n) is 2.86. The second-order valence-electron chi connectivity index (χ2n) is 5.96. The third-order valence-corrected chi connectivity index (χ3v) is 4.11. The van der Waals surface area contributed by atoms with Gasteiger partial charge in [0.05, 0.1) is 12.7 Å². The number of imidazole rings is 1. The third kappa shape index (κ3) is 4.68. The molecular weight excluding hydrogens is 276 g/mol. The highest BCUT2D eigenvalue weighted by atomic mass is 16.5. The Balaban J connectivity index is 1.39. The summed E-state index contributed by atoms with van der Waals surface area (Å²) in [5, 5.41) is 0. The van der Waals surface area contributed by atoms with Gasteiger partial charge in [0, 0.05) is 0 Å². The molecule has 0 saturated heterocycles. The maximum absolute atomic E-state index is 5.96. The zero-order valence-corrected chi connectivity index (χ0v) is 13.1. The number of ether oxygens (including phenoxy) is 2. The largest absolute Gasteiger partial charge is 0.338 e. The van der Waals surface area contributed by atoms with Gasteiger partial charge in [-0.1, -0.05) is 49.6 Å². The molecule has 0 aliphatic heterocycles. The normalized spacial score (nSPS) is 16.0. The summed E-state index contributed by atoms with van der Waals surface area (Å²) in [4.78, 5) is 0. The Kier molecular flexibility index (Phi) is 5.62. The van der Waals surface area contributed by atoms with E-state index in [1.807, 2.05) is 41.5 Å². The lowest BCUT2D eigenvalue weighted by atomic mass is 9.98. The van der Waals surface area contributed by atoms with Crippen LogP contribution in [0.25, 0.3) is 0 Å². The molecular formula is C18H25N2O2+. The van der Waals surface area contributed by atoms with Crippen molar-refractivity contribution in [2.75, 3.05) is 0 Å². The van der Waals surface area contributed by atoms with E-state index in [9.17, 15) is 0 Å². The van der Waals surface area contributed by atoms with Gasteiger partial charge in [-0.05, 0) is 18.4 Å². The molecule has 3 rings (SSSR count). The first-order chi connectivity index (χ1) is 10.9. The van der Waals surface area contributed by atoms with Crippen LogP contribution in [0.5, 0.6) is 0 Å². The Hall–Kier alpha value is -1.65. The van der Waals surface area contributed by atoms with Gasteiger partial charge in [-0.2, -0.15) is 0 Å². The first-order valence-electron chi connectivity index (χ1n) is 8.18. The summed E-state index contributed by atoms with van der Waals surface area (Å²) in [6.45, 7) is 1.83. The van der Waals surface area contributed by atoms with Crippen molar-refractivity contribution < 1.29 is 14.0 Å². The van der Waals surface area contributed by atoms with E-state index < -0.39 is 0 Å². The average molecular weight is 301 g/mol. The average Bonchev–Trinajstić information content (AvgIpc) is 3.03. The second-order valence-corrected chi connectivity index (χ2v) is 5.96. The number of aromatic nitrogens is 2. The number of hydrogen-bond donors (Lipinski definition) is 0. The summed E-state index contributed by atoms with van der Waals surface area (Å²) in [5.74, 6) is 0. The van der Waals surface area contributed by atoms with Crippen molar-refractivity contribution in [2.24, 2.45) is 0 Å². The molecule has 0 unspecified atom stereocenters. The summed E-state index contributed by atoms with van der Waals surface area (Å²) < 4.78 is 15.8. The van der Waals surface area contributed by atoms with E-state index in [1.165, 1.54) is 37.7 Å². The molecule has 0 bridgehead atoms. The van der Waals surface area contributed by atoms with Crippen molar-refractivity contribution in [2.45, 2.75) is 58.3 Å². The van der Waals surface area contributed by atoms with Gasteiger partial charge in [0.2, 0.25) is 6.33 Å². The van der Waals surface area contributed by atoms with Gasteiger partial charge in [0.1, 0.15) is 12.4 Å². The monoisotopic (exact) mass is 301 g/mol. The molecule has 1 saturated carbocycles. The minimum atomic E-state index is 0.443. The molecule has 22 heavy (non-hydrogen) atoms. The van der Waals surface area contributed by atoms with E-state index in [1.54, 1.807) is 0 Å². The fraction of sp³-hybridized carbons (Fsp3) is 0.500. The van der Waals surface area contributed by atoms with E-state index in [0.29, 0.717) is 26.2 Å². The van der Waals surface area contributed by atoms with Crippen LogP contribution in [0.1, 0.15) is 37.7 Å². The second kappa shape index (κ2) is 8.11. The summed E-state index contributed by atoms with van der Waals surface area (Å²) in [7, 11) is 0. The fourth-order valence-corrected chi connectivity index (χ4v) is 2.86. The Morgan fingerprint density at radius 2 is 1.91 bits per heavy atom. The molecule has 1 aliphatic carbocycles. The molecule has 0 N–H and O–H groups in total. The van der Waals surface area contributed by atoms with Crippen molar-refractivity contribution in [3.63, 3.8) is 0 Å². The predicted octanol–water partition coefficient (Wildman–Crippen LogP) is 3.26. The molecule has 1 aliphatic rings. The molecule has 0 radical (unpaired) electrons. The number of benzene rings is 1. The highest BCUT2D eigenvalue weighted by Gasteiger charge is 2.14. The first-order valence-corrected chi connectivity index (χ1v) is 8.18. The van der Waals surface area contributed by atoms with Gasteiger partial charge in [0.25, 0.3) is 0 Å². The smallest absolute Gasteiger partial charge is 0.247 e. The maximum Gasteiger partial charge on any atom is 0.247 e. The molecule has 4 heteroatoms.